The molecule has 1 fully saturated rings. The highest BCUT2D eigenvalue weighted by molar-refractivity contribution is 5.96. The maximum absolute atomic E-state index is 12.3. The quantitative estimate of drug-likeness (QED) is 0.908. The molecule has 2 aromatic rings. The predicted octanol–water partition coefficient (Wildman–Crippen LogP) is 1.69. The maximum Gasteiger partial charge on any atom is 0.228 e. The third-order valence-corrected chi connectivity index (χ3v) is 4.50. The number of aromatic nitrogens is 2. The molecule has 1 aromatic carbocycles. The van der Waals surface area contributed by atoms with Crippen LogP contribution >= 0.6 is 0 Å². The summed E-state index contributed by atoms with van der Waals surface area (Å²) in [6.45, 7) is 3.45. The van der Waals surface area contributed by atoms with Gasteiger partial charge in [-0.3, -0.25) is 9.48 Å². The van der Waals surface area contributed by atoms with E-state index in [9.17, 15) is 4.79 Å². The summed E-state index contributed by atoms with van der Waals surface area (Å²) in [6, 6.07) is 10.0. The van der Waals surface area contributed by atoms with Crippen LogP contribution in [-0.4, -0.2) is 42.4 Å². The van der Waals surface area contributed by atoms with Gasteiger partial charge in [-0.1, -0.05) is 18.2 Å². The number of aryl methyl sites for hydroxylation is 2. The lowest BCUT2D eigenvalue weighted by Gasteiger charge is -2.18. The van der Waals surface area contributed by atoms with Gasteiger partial charge in [0.25, 0.3) is 0 Å². The van der Waals surface area contributed by atoms with Crippen LogP contribution in [0.4, 0.5) is 11.5 Å². The molecule has 6 heteroatoms. The first kappa shape index (κ1) is 16.5. The van der Waals surface area contributed by atoms with Crippen molar-refractivity contribution in [1.82, 2.24) is 15.1 Å². The molecule has 0 spiro atoms. The van der Waals surface area contributed by atoms with Gasteiger partial charge in [0.05, 0.1) is 5.69 Å². The molecule has 3 rings (SSSR count). The number of benzene rings is 1. The summed E-state index contributed by atoms with van der Waals surface area (Å²) in [7, 11) is 6.01. The van der Waals surface area contributed by atoms with Crippen LogP contribution in [0.15, 0.2) is 30.3 Å². The van der Waals surface area contributed by atoms with Crippen molar-refractivity contribution < 1.29 is 4.79 Å². The zero-order chi connectivity index (χ0) is 17.3. The molecule has 0 unspecified atom stereocenters. The fourth-order valence-corrected chi connectivity index (χ4v) is 3.40. The highest BCUT2D eigenvalue weighted by atomic mass is 16.2. The first-order chi connectivity index (χ1) is 11.5. The average Bonchev–Trinajstić information content (AvgIpc) is 3.05. The molecule has 0 radical (unpaired) electrons. The van der Waals surface area contributed by atoms with Crippen molar-refractivity contribution >= 4 is 17.4 Å². The molecule has 6 nitrogen and oxygen atoms in total. The van der Waals surface area contributed by atoms with Crippen LogP contribution in [0.5, 0.6) is 0 Å². The van der Waals surface area contributed by atoms with E-state index in [1.807, 2.05) is 68.0 Å². The second kappa shape index (κ2) is 6.65. The Morgan fingerprint density at radius 1 is 1.29 bits per heavy atom. The van der Waals surface area contributed by atoms with Crippen molar-refractivity contribution in [3.05, 3.63) is 41.6 Å². The first-order valence-corrected chi connectivity index (χ1v) is 8.26. The number of carbonyl (C=O) groups is 1. The van der Waals surface area contributed by atoms with Gasteiger partial charge in [0.2, 0.25) is 5.91 Å². The normalized spacial score (nSPS) is 17.6. The van der Waals surface area contributed by atoms with Crippen molar-refractivity contribution in [1.29, 1.82) is 0 Å². The Bertz CT molecular complexity index is 723. The zero-order valence-corrected chi connectivity index (χ0v) is 14.8. The number of nitrogens with zero attached hydrogens (tertiary/aromatic N) is 4. The van der Waals surface area contributed by atoms with Crippen LogP contribution in [0.1, 0.15) is 17.7 Å². The Balaban J connectivity index is 1.68. The molecule has 24 heavy (non-hydrogen) atoms. The summed E-state index contributed by atoms with van der Waals surface area (Å²) in [4.78, 5) is 16.2. The van der Waals surface area contributed by atoms with Gasteiger partial charge in [-0.05, 0) is 19.1 Å². The molecule has 128 valence electrons. The predicted molar refractivity (Wildman–Crippen MR) is 96.3 cm³/mol. The number of carbonyl (C=O) groups excluding carboxylic acids is 1. The van der Waals surface area contributed by atoms with E-state index in [1.54, 1.807) is 0 Å². The lowest BCUT2D eigenvalue weighted by atomic mass is 10.2. The summed E-state index contributed by atoms with van der Waals surface area (Å²) in [6.07, 6.45) is 0.533. The molecule has 0 bridgehead atoms. The minimum Gasteiger partial charge on any atom is -0.363 e. The highest BCUT2D eigenvalue weighted by Crippen LogP contribution is 2.24. The maximum atomic E-state index is 12.3. The average molecular weight is 327 g/mol. The summed E-state index contributed by atoms with van der Waals surface area (Å²) in [5.41, 5.74) is 3.18. The topological polar surface area (TPSA) is 53.4 Å². The number of anilines is 2. The zero-order valence-electron chi connectivity index (χ0n) is 14.8. The van der Waals surface area contributed by atoms with Crippen molar-refractivity contribution in [3.8, 4) is 0 Å². The molecular formula is C18H25N5O. The van der Waals surface area contributed by atoms with Gasteiger partial charge in [-0.25, -0.2) is 0 Å². The highest BCUT2D eigenvalue weighted by Gasteiger charge is 2.30. The molecule has 1 aromatic heterocycles. The number of nitrogens with one attached hydrogen (secondary N) is 1. The van der Waals surface area contributed by atoms with Gasteiger partial charge in [0.15, 0.2) is 0 Å². The molecule has 0 saturated carbocycles. The van der Waals surface area contributed by atoms with Gasteiger partial charge < -0.3 is 15.1 Å². The Kier molecular flexibility index (Phi) is 4.57. The first-order valence-electron chi connectivity index (χ1n) is 8.26. The molecule has 1 aliphatic rings. The summed E-state index contributed by atoms with van der Waals surface area (Å²) in [5, 5.41) is 8.05. The minimum atomic E-state index is 0.160. The molecule has 2 heterocycles. The van der Waals surface area contributed by atoms with E-state index in [2.05, 4.69) is 15.3 Å². The molecule has 1 N–H and O–H groups in total. The van der Waals surface area contributed by atoms with Crippen molar-refractivity contribution in [2.24, 2.45) is 7.05 Å². The van der Waals surface area contributed by atoms with Crippen LogP contribution < -0.4 is 15.1 Å². The number of rotatable bonds is 5. The van der Waals surface area contributed by atoms with Gasteiger partial charge in [0.1, 0.15) is 5.82 Å². The molecule has 1 amide bonds. The van der Waals surface area contributed by atoms with Crippen molar-refractivity contribution in [2.75, 3.05) is 30.4 Å². The number of para-hydroxylation sites is 1. The Hall–Kier alpha value is -2.34. The van der Waals surface area contributed by atoms with E-state index in [1.165, 1.54) is 5.56 Å². The number of amides is 1. The monoisotopic (exact) mass is 327 g/mol. The van der Waals surface area contributed by atoms with Crippen LogP contribution in [0.2, 0.25) is 0 Å². The third kappa shape index (κ3) is 3.14. The van der Waals surface area contributed by atoms with Gasteiger partial charge in [-0.2, -0.15) is 5.10 Å². The molecule has 1 atom stereocenters. The third-order valence-electron chi connectivity index (χ3n) is 4.50. The summed E-state index contributed by atoms with van der Waals surface area (Å²) < 4.78 is 1.91. The van der Waals surface area contributed by atoms with Gasteiger partial charge in [0, 0.05) is 57.9 Å². The number of hydrogen-bond acceptors (Lipinski definition) is 4. The van der Waals surface area contributed by atoms with Gasteiger partial charge in [-0.15, -0.1) is 0 Å². The Morgan fingerprint density at radius 3 is 2.67 bits per heavy atom. The van der Waals surface area contributed by atoms with E-state index in [-0.39, 0.29) is 11.9 Å². The molecule has 1 aliphatic heterocycles. The summed E-state index contributed by atoms with van der Waals surface area (Å²) in [5.74, 6) is 1.28. The minimum absolute atomic E-state index is 0.160. The van der Waals surface area contributed by atoms with E-state index in [4.69, 9.17) is 0 Å². The van der Waals surface area contributed by atoms with E-state index in [0.717, 1.165) is 17.2 Å². The smallest absolute Gasteiger partial charge is 0.228 e. The molecule has 0 aliphatic carbocycles. The fraction of sp³-hybridized carbons (Fsp3) is 0.444. The lowest BCUT2D eigenvalue weighted by Crippen LogP contribution is -2.33. The van der Waals surface area contributed by atoms with Crippen LogP contribution in [0.3, 0.4) is 0 Å². The largest absolute Gasteiger partial charge is 0.363 e. The Morgan fingerprint density at radius 2 is 2.00 bits per heavy atom. The number of hydrogen-bond donors (Lipinski definition) is 1. The Labute approximate surface area is 143 Å². The van der Waals surface area contributed by atoms with Gasteiger partial charge >= 0.3 is 0 Å². The fourth-order valence-electron chi connectivity index (χ4n) is 3.40. The van der Waals surface area contributed by atoms with Crippen molar-refractivity contribution in [3.63, 3.8) is 0 Å². The standard InChI is InChI=1S/C18H25N5O/c1-13-16(18(21(2)3)22(4)20-13)11-19-14-10-17(24)23(12-14)15-8-6-5-7-9-15/h5-9,14,19H,10-12H2,1-4H3/t14-/m1/s1. The van der Waals surface area contributed by atoms with E-state index in [0.29, 0.717) is 19.5 Å². The molecule has 1 saturated heterocycles. The second-order valence-electron chi connectivity index (χ2n) is 6.53. The van der Waals surface area contributed by atoms with Crippen LogP contribution in [0.25, 0.3) is 0 Å². The summed E-state index contributed by atoms with van der Waals surface area (Å²) >= 11 is 0. The SMILES string of the molecule is Cc1nn(C)c(N(C)C)c1CN[C@@H]1CC(=O)N(c2ccccc2)C1. The van der Waals surface area contributed by atoms with E-state index < -0.39 is 0 Å². The van der Waals surface area contributed by atoms with E-state index >= 15 is 0 Å². The molecular weight excluding hydrogens is 302 g/mol. The lowest BCUT2D eigenvalue weighted by molar-refractivity contribution is -0.117. The van der Waals surface area contributed by atoms with Crippen molar-refractivity contribution in [2.45, 2.75) is 25.9 Å². The van der Waals surface area contributed by atoms with Crippen LogP contribution in [-0.2, 0) is 18.4 Å². The second-order valence-corrected chi connectivity index (χ2v) is 6.53. The van der Waals surface area contributed by atoms with Crippen LogP contribution in [0, 0.1) is 6.92 Å².